The second-order valence-electron chi connectivity index (χ2n) is 5.67. The smallest absolute Gasteiger partial charge is 0.342 e. The van der Waals surface area contributed by atoms with Crippen molar-refractivity contribution in [3.63, 3.8) is 0 Å². The van der Waals surface area contributed by atoms with Gasteiger partial charge in [0.25, 0.3) is 11.8 Å². The summed E-state index contributed by atoms with van der Waals surface area (Å²) < 4.78 is 6.46. The zero-order valence-electron chi connectivity index (χ0n) is 13.9. The minimum atomic E-state index is -0.852. The van der Waals surface area contributed by atoms with Crippen LogP contribution >= 0.6 is 0 Å². The van der Waals surface area contributed by atoms with Crippen LogP contribution in [0.1, 0.15) is 20.8 Å². The van der Waals surface area contributed by atoms with E-state index in [0.717, 1.165) is 10.8 Å². The monoisotopic (exact) mass is 352 g/mol. The van der Waals surface area contributed by atoms with Gasteiger partial charge in [-0.3, -0.25) is 14.9 Å². The molecule has 0 radical (unpaired) electrons. The van der Waals surface area contributed by atoms with Crippen LogP contribution < -0.4 is 5.32 Å². The van der Waals surface area contributed by atoms with Crippen molar-refractivity contribution < 1.29 is 24.2 Å². The van der Waals surface area contributed by atoms with Crippen molar-refractivity contribution >= 4 is 28.6 Å². The van der Waals surface area contributed by atoms with Gasteiger partial charge in [-0.1, -0.05) is 24.3 Å². The Morgan fingerprint density at radius 2 is 1.77 bits per heavy atom. The first-order chi connectivity index (χ1) is 12.5. The maximum Gasteiger partial charge on any atom is 0.342 e. The summed E-state index contributed by atoms with van der Waals surface area (Å²) in [5, 5.41) is 13.6. The first-order valence-corrected chi connectivity index (χ1v) is 7.80. The molecule has 0 aliphatic heterocycles. The number of carbonyl (C=O) groups is 3. The van der Waals surface area contributed by atoms with Crippen molar-refractivity contribution in [2.45, 2.75) is 0 Å². The Kier molecular flexibility index (Phi) is 4.70. The van der Waals surface area contributed by atoms with Gasteiger partial charge in [0.1, 0.15) is 17.0 Å². The summed E-state index contributed by atoms with van der Waals surface area (Å²) in [7, 11) is 1.67. The number of rotatable bonds is 4. The third-order valence-electron chi connectivity index (χ3n) is 3.85. The number of benzene rings is 2. The average molecular weight is 352 g/mol. The summed E-state index contributed by atoms with van der Waals surface area (Å²) >= 11 is 0. The van der Waals surface area contributed by atoms with E-state index < -0.39 is 24.4 Å². The van der Waals surface area contributed by atoms with Gasteiger partial charge in [0.05, 0.1) is 0 Å². The number of carbonyl (C=O) groups excluding carboxylic acids is 3. The molecule has 0 saturated heterocycles. The van der Waals surface area contributed by atoms with Crippen molar-refractivity contribution in [1.82, 2.24) is 9.88 Å². The van der Waals surface area contributed by atoms with E-state index >= 15 is 0 Å². The lowest BCUT2D eigenvalue weighted by Gasteiger charge is -2.08. The van der Waals surface area contributed by atoms with Crippen LogP contribution in [0.4, 0.5) is 0 Å². The Labute approximate surface area is 148 Å². The number of aromatic hydroxyl groups is 1. The highest BCUT2D eigenvalue weighted by Crippen LogP contribution is 2.25. The number of nitrogens with zero attached hydrogens (tertiary/aromatic N) is 1. The molecule has 26 heavy (non-hydrogen) atoms. The van der Waals surface area contributed by atoms with Crippen LogP contribution in [0.2, 0.25) is 0 Å². The molecule has 132 valence electrons. The number of aromatic nitrogens is 1. The quantitative estimate of drug-likeness (QED) is 0.700. The van der Waals surface area contributed by atoms with Crippen LogP contribution in [-0.2, 0) is 16.6 Å². The summed E-state index contributed by atoms with van der Waals surface area (Å²) in [6.07, 6.45) is 1.67. The van der Waals surface area contributed by atoms with Crippen molar-refractivity contribution in [3.8, 4) is 5.75 Å². The van der Waals surface area contributed by atoms with Crippen LogP contribution in [0.15, 0.2) is 54.7 Å². The predicted octanol–water partition coefficient (Wildman–Crippen LogP) is 2.00. The summed E-state index contributed by atoms with van der Waals surface area (Å²) in [4.78, 5) is 35.9. The number of ether oxygens (including phenoxy) is 1. The fourth-order valence-corrected chi connectivity index (χ4v) is 2.52. The summed E-state index contributed by atoms with van der Waals surface area (Å²) in [6.45, 7) is -0.638. The fraction of sp³-hybridized carbons (Fsp3) is 0.105. The third-order valence-corrected chi connectivity index (χ3v) is 3.85. The van der Waals surface area contributed by atoms with Crippen LogP contribution in [0, 0.1) is 0 Å². The first kappa shape index (κ1) is 17.2. The number of esters is 1. The normalized spacial score (nSPS) is 10.5. The van der Waals surface area contributed by atoms with Crippen LogP contribution in [0.25, 0.3) is 10.8 Å². The van der Waals surface area contributed by atoms with Crippen LogP contribution in [0.5, 0.6) is 5.75 Å². The van der Waals surface area contributed by atoms with E-state index in [1.807, 2.05) is 6.07 Å². The van der Waals surface area contributed by atoms with Gasteiger partial charge < -0.3 is 14.4 Å². The molecule has 2 amide bonds. The molecular formula is C19H16N2O5. The van der Waals surface area contributed by atoms with Gasteiger partial charge >= 0.3 is 5.97 Å². The Bertz CT molecular complexity index is 1010. The molecule has 2 aromatic carbocycles. The molecule has 1 heterocycles. The molecular weight excluding hydrogens is 336 g/mol. The fourth-order valence-electron chi connectivity index (χ4n) is 2.52. The van der Waals surface area contributed by atoms with Gasteiger partial charge in [0.15, 0.2) is 6.61 Å². The molecule has 3 rings (SSSR count). The molecule has 0 fully saturated rings. The largest absolute Gasteiger partial charge is 0.507 e. The zero-order chi connectivity index (χ0) is 18.7. The number of fused-ring (bicyclic) bond motifs is 1. The van der Waals surface area contributed by atoms with E-state index in [-0.39, 0.29) is 11.3 Å². The Balaban J connectivity index is 1.63. The number of aryl methyl sites for hydroxylation is 1. The first-order valence-electron chi connectivity index (χ1n) is 7.80. The van der Waals surface area contributed by atoms with Gasteiger partial charge in [-0.05, 0) is 35.0 Å². The minimum Gasteiger partial charge on any atom is -0.507 e. The topological polar surface area (TPSA) is 97.6 Å². The van der Waals surface area contributed by atoms with Gasteiger partial charge in [-0.2, -0.15) is 0 Å². The third kappa shape index (κ3) is 3.56. The van der Waals surface area contributed by atoms with Gasteiger partial charge in [-0.25, -0.2) is 4.79 Å². The molecule has 0 bridgehead atoms. The Hall–Kier alpha value is -3.61. The molecule has 0 atom stereocenters. The number of imide groups is 1. The number of phenolic OH excluding ortho intramolecular Hbond substituents is 1. The number of hydrogen-bond donors (Lipinski definition) is 2. The molecule has 1 aromatic heterocycles. The molecule has 0 aliphatic carbocycles. The van der Waals surface area contributed by atoms with Crippen molar-refractivity contribution in [2.75, 3.05) is 6.61 Å². The van der Waals surface area contributed by atoms with E-state index in [9.17, 15) is 19.5 Å². The standard InChI is InChI=1S/C19H16N2O5/c1-21-8-4-7-15(21)18(24)20-17(23)11-26-19(25)14-9-12-5-2-3-6-13(12)10-16(14)22/h2-10,22H,11H2,1H3,(H,20,23,24). The number of nitrogens with one attached hydrogen (secondary N) is 1. The molecule has 0 aliphatic rings. The van der Waals surface area contributed by atoms with E-state index in [1.165, 1.54) is 12.1 Å². The zero-order valence-corrected chi connectivity index (χ0v) is 13.9. The molecule has 0 spiro atoms. The molecule has 0 saturated carbocycles. The number of hydrogen-bond acceptors (Lipinski definition) is 5. The number of phenols is 1. The van der Waals surface area contributed by atoms with Gasteiger partial charge in [-0.15, -0.1) is 0 Å². The van der Waals surface area contributed by atoms with Gasteiger partial charge in [0, 0.05) is 13.2 Å². The summed E-state index contributed by atoms with van der Waals surface area (Å²) in [5.74, 6) is -2.44. The second-order valence-corrected chi connectivity index (χ2v) is 5.67. The molecule has 0 unspecified atom stereocenters. The van der Waals surface area contributed by atoms with E-state index in [1.54, 1.807) is 48.1 Å². The highest BCUT2D eigenvalue weighted by atomic mass is 16.5. The van der Waals surface area contributed by atoms with Crippen molar-refractivity contribution in [2.24, 2.45) is 7.05 Å². The SMILES string of the molecule is Cn1cccc1C(=O)NC(=O)COC(=O)c1cc2ccccc2cc1O. The van der Waals surface area contributed by atoms with Gasteiger partial charge in [0.2, 0.25) is 0 Å². The molecule has 7 heteroatoms. The van der Waals surface area contributed by atoms with Crippen molar-refractivity contribution in [3.05, 3.63) is 66.0 Å². The Morgan fingerprint density at radius 3 is 2.42 bits per heavy atom. The lowest BCUT2D eigenvalue weighted by molar-refractivity contribution is -0.123. The average Bonchev–Trinajstić information content (AvgIpc) is 3.05. The van der Waals surface area contributed by atoms with E-state index in [0.29, 0.717) is 5.69 Å². The van der Waals surface area contributed by atoms with E-state index in [2.05, 4.69) is 5.32 Å². The summed E-state index contributed by atoms with van der Waals surface area (Å²) in [5.41, 5.74) is 0.252. The van der Waals surface area contributed by atoms with Crippen molar-refractivity contribution in [1.29, 1.82) is 0 Å². The van der Waals surface area contributed by atoms with E-state index in [4.69, 9.17) is 4.74 Å². The molecule has 3 aromatic rings. The predicted molar refractivity (Wildman–Crippen MR) is 93.8 cm³/mol. The summed E-state index contributed by atoms with van der Waals surface area (Å²) in [6, 6.07) is 13.4. The maximum atomic E-state index is 12.1. The minimum absolute atomic E-state index is 0.0507. The number of amides is 2. The highest BCUT2D eigenvalue weighted by Gasteiger charge is 2.17. The maximum absolute atomic E-state index is 12.1. The second kappa shape index (κ2) is 7.10. The van der Waals surface area contributed by atoms with Crippen LogP contribution in [-0.4, -0.2) is 34.1 Å². The molecule has 2 N–H and O–H groups in total. The molecule has 7 nitrogen and oxygen atoms in total. The Morgan fingerprint density at radius 1 is 1.08 bits per heavy atom. The van der Waals surface area contributed by atoms with Crippen LogP contribution in [0.3, 0.4) is 0 Å². The lowest BCUT2D eigenvalue weighted by Crippen LogP contribution is -2.35. The lowest BCUT2D eigenvalue weighted by atomic mass is 10.1. The highest BCUT2D eigenvalue weighted by molar-refractivity contribution is 6.05.